The molecule has 0 fully saturated rings. The molecule has 5 nitrogen and oxygen atoms in total. The van der Waals surface area contributed by atoms with E-state index in [2.05, 4.69) is 46.8 Å². The van der Waals surface area contributed by atoms with E-state index in [-0.39, 0.29) is 24.0 Å². The first-order valence-electron chi connectivity index (χ1n) is 9.83. The van der Waals surface area contributed by atoms with Gasteiger partial charge in [-0.3, -0.25) is 4.99 Å². The Labute approximate surface area is 202 Å². The van der Waals surface area contributed by atoms with E-state index in [0.29, 0.717) is 4.90 Å². The summed E-state index contributed by atoms with van der Waals surface area (Å²) < 4.78 is 23.0. The van der Waals surface area contributed by atoms with E-state index >= 15 is 0 Å². The molecule has 0 unspecified atom stereocenters. The molecule has 0 bridgehead atoms. The van der Waals surface area contributed by atoms with Gasteiger partial charge in [0.2, 0.25) is 0 Å². The highest BCUT2D eigenvalue weighted by Crippen LogP contribution is 2.13. The summed E-state index contributed by atoms with van der Waals surface area (Å²) in [5, 5.41) is 6.60. The van der Waals surface area contributed by atoms with Crippen molar-refractivity contribution in [3.8, 4) is 0 Å². The molecule has 0 aliphatic carbocycles. The average Bonchev–Trinajstić information content (AvgIpc) is 2.69. The second kappa shape index (κ2) is 13.9. The van der Waals surface area contributed by atoms with Crippen molar-refractivity contribution in [3.05, 3.63) is 65.2 Å². The van der Waals surface area contributed by atoms with Crippen molar-refractivity contribution in [2.75, 3.05) is 31.6 Å². The summed E-state index contributed by atoms with van der Waals surface area (Å²) >= 11 is 1.88. The number of guanidine groups is 1. The number of benzene rings is 2. The number of hydrogen-bond donors (Lipinski definition) is 2. The van der Waals surface area contributed by atoms with Crippen molar-refractivity contribution in [2.45, 2.75) is 30.9 Å². The van der Waals surface area contributed by atoms with Crippen LogP contribution in [0.1, 0.15) is 23.6 Å². The lowest BCUT2D eigenvalue weighted by molar-refractivity contribution is 0.602. The van der Waals surface area contributed by atoms with Crippen molar-refractivity contribution in [3.63, 3.8) is 0 Å². The van der Waals surface area contributed by atoms with Crippen molar-refractivity contribution in [1.82, 2.24) is 10.6 Å². The Morgan fingerprint density at radius 2 is 1.63 bits per heavy atom. The monoisotopic (exact) mass is 561 g/mol. The lowest BCUT2D eigenvalue weighted by Gasteiger charge is -2.11. The van der Waals surface area contributed by atoms with Gasteiger partial charge in [-0.1, -0.05) is 42.0 Å². The van der Waals surface area contributed by atoms with Crippen LogP contribution in [0.15, 0.2) is 58.4 Å². The molecule has 0 saturated heterocycles. The quantitative estimate of drug-likeness (QED) is 0.198. The van der Waals surface area contributed by atoms with Crippen molar-refractivity contribution in [1.29, 1.82) is 0 Å². The summed E-state index contributed by atoms with van der Waals surface area (Å²) in [5.74, 6) is 2.79. The molecule has 0 aliphatic heterocycles. The van der Waals surface area contributed by atoms with Gasteiger partial charge in [-0.15, -0.1) is 24.0 Å². The van der Waals surface area contributed by atoms with E-state index in [1.54, 1.807) is 12.1 Å². The van der Waals surface area contributed by atoms with Gasteiger partial charge in [0.05, 0.1) is 11.4 Å². The van der Waals surface area contributed by atoms with Gasteiger partial charge in [-0.2, -0.15) is 11.8 Å². The fourth-order valence-corrected chi connectivity index (χ4v) is 4.09. The van der Waals surface area contributed by atoms with Crippen LogP contribution in [0.2, 0.25) is 0 Å². The van der Waals surface area contributed by atoms with Gasteiger partial charge >= 0.3 is 0 Å². The summed E-state index contributed by atoms with van der Waals surface area (Å²) in [7, 11) is -3.14. The molecule has 2 rings (SSSR count). The van der Waals surface area contributed by atoms with Crippen LogP contribution in [-0.2, 0) is 22.0 Å². The van der Waals surface area contributed by atoms with Crippen LogP contribution >= 0.6 is 35.7 Å². The Kier molecular flexibility index (Phi) is 12.4. The fourth-order valence-electron chi connectivity index (χ4n) is 2.67. The lowest BCUT2D eigenvalue weighted by Crippen LogP contribution is -2.38. The number of nitrogens with one attached hydrogen (secondary N) is 2. The van der Waals surface area contributed by atoms with Crippen molar-refractivity contribution in [2.24, 2.45) is 4.99 Å². The Balaban J connectivity index is 0.00000450. The van der Waals surface area contributed by atoms with Crippen LogP contribution in [0.4, 0.5) is 0 Å². The Hall–Kier alpha value is -1.26. The molecule has 30 heavy (non-hydrogen) atoms. The number of sulfone groups is 1. The van der Waals surface area contributed by atoms with E-state index in [9.17, 15) is 8.42 Å². The molecule has 0 atom stereocenters. The van der Waals surface area contributed by atoms with E-state index in [1.807, 2.05) is 30.8 Å². The standard InChI is InChI=1S/C22H31N3O2S2.HI/c1-4-23-22(25-15-16-28-17-20-7-5-18(2)6-8-20)24-14-13-19-9-11-21(12-10-19)29(3,26)27;/h5-12H,4,13-17H2,1-3H3,(H2,23,24,25);1H. The first-order chi connectivity index (χ1) is 13.9. The zero-order valence-electron chi connectivity index (χ0n) is 17.8. The lowest BCUT2D eigenvalue weighted by atomic mass is 10.1. The number of rotatable bonds is 10. The smallest absolute Gasteiger partial charge is 0.191 e. The number of aliphatic imine (C=N–C) groups is 1. The summed E-state index contributed by atoms with van der Waals surface area (Å²) in [6.45, 7) is 6.46. The van der Waals surface area contributed by atoms with E-state index in [4.69, 9.17) is 0 Å². The van der Waals surface area contributed by atoms with Gasteiger partial charge in [0.15, 0.2) is 15.8 Å². The van der Waals surface area contributed by atoms with Crippen molar-refractivity contribution < 1.29 is 8.42 Å². The predicted molar refractivity (Wildman–Crippen MR) is 140 cm³/mol. The molecular formula is C22H32IN3O2S2. The SMILES string of the molecule is CCNC(=NCCSCc1ccc(C)cc1)NCCc1ccc(S(C)(=O)=O)cc1.I. The molecule has 0 aliphatic rings. The third kappa shape index (κ3) is 10.2. The summed E-state index contributed by atoms with van der Waals surface area (Å²) in [6.07, 6.45) is 2.03. The van der Waals surface area contributed by atoms with E-state index in [0.717, 1.165) is 49.1 Å². The number of nitrogens with zero attached hydrogens (tertiary/aromatic N) is 1. The summed E-state index contributed by atoms with van der Waals surface area (Å²) in [5.41, 5.74) is 3.72. The normalized spacial score (nSPS) is 11.6. The maximum Gasteiger partial charge on any atom is 0.191 e. The first-order valence-corrected chi connectivity index (χ1v) is 12.9. The van der Waals surface area contributed by atoms with Gasteiger partial charge in [0, 0.05) is 30.9 Å². The minimum absolute atomic E-state index is 0. The molecule has 2 N–H and O–H groups in total. The molecule has 0 radical (unpaired) electrons. The zero-order valence-corrected chi connectivity index (χ0v) is 21.8. The molecule has 0 saturated carbocycles. The van der Waals surface area contributed by atoms with Crippen LogP contribution in [-0.4, -0.2) is 46.0 Å². The van der Waals surface area contributed by atoms with Gasteiger partial charge in [0.25, 0.3) is 0 Å². The minimum atomic E-state index is -3.14. The topological polar surface area (TPSA) is 70.6 Å². The third-order valence-corrected chi connectivity index (χ3v) is 6.43. The highest BCUT2D eigenvalue weighted by molar-refractivity contribution is 14.0. The van der Waals surface area contributed by atoms with Crippen LogP contribution in [0, 0.1) is 6.92 Å². The summed E-state index contributed by atoms with van der Waals surface area (Å²) in [4.78, 5) is 4.98. The Bertz CT molecular complexity index is 884. The number of hydrogen-bond acceptors (Lipinski definition) is 4. The van der Waals surface area contributed by atoms with Gasteiger partial charge in [-0.25, -0.2) is 8.42 Å². The summed E-state index contributed by atoms with van der Waals surface area (Å²) in [6, 6.07) is 15.7. The highest BCUT2D eigenvalue weighted by Gasteiger charge is 2.06. The maximum absolute atomic E-state index is 11.5. The predicted octanol–water partition coefficient (Wildman–Crippen LogP) is 4.05. The fraction of sp³-hybridized carbons (Fsp3) is 0.409. The van der Waals surface area contributed by atoms with E-state index < -0.39 is 9.84 Å². The molecule has 0 amide bonds. The number of aryl methyl sites for hydroxylation is 1. The average molecular weight is 562 g/mol. The van der Waals surface area contributed by atoms with Crippen LogP contribution in [0.5, 0.6) is 0 Å². The molecule has 166 valence electrons. The Morgan fingerprint density at radius 3 is 2.23 bits per heavy atom. The number of thioether (sulfide) groups is 1. The Morgan fingerprint density at radius 1 is 1.00 bits per heavy atom. The molecule has 2 aromatic rings. The second-order valence-electron chi connectivity index (χ2n) is 6.89. The molecular weight excluding hydrogens is 529 g/mol. The van der Waals surface area contributed by atoms with E-state index in [1.165, 1.54) is 17.4 Å². The van der Waals surface area contributed by atoms with Crippen LogP contribution < -0.4 is 10.6 Å². The maximum atomic E-state index is 11.5. The van der Waals surface area contributed by atoms with Crippen molar-refractivity contribution >= 4 is 51.5 Å². The van der Waals surface area contributed by atoms with Gasteiger partial charge < -0.3 is 10.6 Å². The molecule has 0 heterocycles. The minimum Gasteiger partial charge on any atom is -0.357 e. The first kappa shape index (κ1) is 26.8. The molecule has 0 spiro atoms. The largest absolute Gasteiger partial charge is 0.357 e. The van der Waals surface area contributed by atoms with Gasteiger partial charge in [0.1, 0.15) is 0 Å². The highest BCUT2D eigenvalue weighted by atomic mass is 127. The van der Waals surface area contributed by atoms with Crippen LogP contribution in [0.25, 0.3) is 0 Å². The molecule has 0 aromatic heterocycles. The second-order valence-corrected chi connectivity index (χ2v) is 10.0. The van der Waals surface area contributed by atoms with Crippen LogP contribution in [0.3, 0.4) is 0 Å². The third-order valence-electron chi connectivity index (χ3n) is 4.30. The number of halogens is 1. The molecule has 8 heteroatoms. The molecule has 2 aromatic carbocycles. The van der Waals surface area contributed by atoms with Gasteiger partial charge in [-0.05, 0) is 43.5 Å². The zero-order chi connectivity index (χ0) is 21.1.